The summed E-state index contributed by atoms with van der Waals surface area (Å²) in [5, 5.41) is 9.03. The molecule has 8 heteroatoms. The number of carbonyl (C=O) groups is 1. The molecule has 0 aliphatic rings. The average molecular weight is 266 g/mol. The Morgan fingerprint density at radius 1 is 1.47 bits per heavy atom. The Morgan fingerprint density at radius 3 is 2.63 bits per heavy atom. The predicted molar refractivity (Wildman–Crippen MR) is 67.6 cm³/mol. The van der Waals surface area contributed by atoms with E-state index in [-0.39, 0.29) is 23.0 Å². The molecule has 0 spiro atoms. The van der Waals surface area contributed by atoms with Crippen LogP contribution in [0.3, 0.4) is 0 Å². The number of aromatic nitrogens is 4. The SMILES string of the molecule is CCC(C)n1c(=O)[nH]c(=O)c2c1nc(C(=O)O)n2C. The Morgan fingerprint density at radius 2 is 2.11 bits per heavy atom. The number of rotatable bonds is 3. The molecule has 102 valence electrons. The van der Waals surface area contributed by atoms with Crippen LogP contribution in [0.5, 0.6) is 0 Å². The molecular formula is C11H14N4O4. The van der Waals surface area contributed by atoms with Gasteiger partial charge in [-0.05, 0) is 13.3 Å². The zero-order valence-electron chi connectivity index (χ0n) is 10.8. The van der Waals surface area contributed by atoms with Crippen LogP contribution in [0.15, 0.2) is 9.59 Å². The third kappa shape index (κ3) is 1.85. The minimum atomic E-state index is -1.25. The molecule has 19 heavy (non-hydrogen) atoms. The van der Waals surface area contributed by atoms with E-state index in [4.69, 9.17) is 5.11 Å². The highest BCUT2D eigenvalue weighted by Gasteiger charge is 2.21. The van der Waals surface area contributed by atoms with E-state index >= 15 is 0 Å². The standard InChI is InChI=1S/C11H14N4O4/c1-4-5(2)15-7-6(9(16)13-11(15)19)14(3)8(12-7)10(17)18/h5H,4H2,1-3H3,(H,17,18)(H,13,16,19). The van der Waals surface area contributed by atoms with E-state index in [9.17, 15) is 14.4 Å². The van der Waals surface area contributed by atoms with Gasteiger partial charge in [0.25, 0.3) is 5.56 Å². The van der Waals surface area contributed by atoms with Gasteiger partial charge >= 0.3 is 11.7 Å². The maximum absolute atomic E-state index is 11.9. The third-order valence-corrected chi connectivity index (χ3v) is 3.18. The summed E-state index contributed by atoms with van der Waals surface area (Å²) in [6, 6.07) is -0.191. The van der Waals surface area contributed by atoms with Gasteiger partial charge in [-0.15, -0.1) is 0 Å². The zero-order valence-corrected chi connectivity index (χ0v) is 10.8. The van der Waals surface area contributed by atoms with Crippen LogP contribution in [-0.4, -0.2) is 30.2 Å². The molecule has 0 fully saturated rings. The smallest absolute Gasteiger partial charge is 0.372 e. The quantitative estimate of drug-likeness (QED) is 0.818. The number of aromatic amines is 1. The van der Waals surface area contributed by atoms with E-state index in [1.807, 2.05) is 6.92 Å². The lowest BCUT2D eigenvalue weighted by Crippen LogP contribution is -2.32. The summed E-state index contributed by atoms with van der Waals surface area (Å²) in [7, 11) is 1.43. The number of hydrogen-bond donors (Lipinski definition) is 2. The molecular weight excluding hydrogens is 252 g/mol. The van der Waals surface area contributed by atoms with Gasteiger partial charge in [0.1, 0.15) is 0 Å². The van der Waals surface area contributed by atoms with E-state index in [1.54, 1.807) is 6.92 Å². The van der Waals surface area contributed by atoms with E-state index in [0.29, 0.717) is 6.42 Å². The molecule has 0 aliphatic carbocycles. The normalized spacial score (nSPS) is 12.8. The molecule has 0 bridgehead atoms. The second kappa shape index (κ2) is 4.38. The molecule has 1 atom stereocenters. The van der Waals surface area contributed by atoms with Gasteiger partial charge in [0.15, 0.2) is 11.2 Å². The fourth-order valence-corrected chi connectivity index (χ4v) is 2.00. The van der Waals surface area contributed by atoms with Crippen molar-refractivity contribution in [1.29, 1.82) is 0 Å². The van der Waals surface area contributed by atoms with Crippen LogP contribution < -0.4 is 11.2 Å². The maximum Gasteiger partial charge on any atom is 0.372 e. The van der Waals surface area contributed by atoms with Crippen LogP contribution in [-0.2, 0) is 7.05 Å². The first-order valence-corrected chi connectivity index (χ1v) is 5.83. The molecule has 2 rings (SSSR count). The first kappa shape index (κ1) is 13.1. The molecule has 2 aromatic rings. The predicted octanol–water partition coefficient (Wildman–Crippen LogP) is 0.0925. The monoisotopic (exact) mass is 266 g/mol. The third-order valence-electron chi connectivity index (χ3n) is 3.18. The molecule has 0 amide bonds. The Balaban J connectivity index is 2.99. The fraction of sp³-hybridized carbons (Fsp3) is 0.455. The number of fused-ring (bicyclic) bond motifs is 1. The van der Waals surface area contributed by atoms with Crippen LogP contribution in [0.25, 0.3) is 11.2 Å². The maximum atomic E-state index is 11.9. The lowest BCUT2D eigenvalue weighted by atomic mass is 10.2. The van der Waals surface area contributed by atoms with Gasteiger partial charge in [-0.25, -0.2) is 14.6 Å². The Hall–Kier alpha value is -2.38. The summed E-state index contributed by atoms with van der Waals surface area (Å²) in [6.07, 6.45) is 0.653. The zero-order chi connectivity index (χ0) is 14.3. The number of nitrogens with zero attached hydrogens (tertiary/aromatic N) is 3. The van der Waals surface area contributed by atoms with Crippen LogP contribution in [0.2, 0.25) is 0 Å². The van der Waals surface area contributed by atoms with Gasteiger partial charge in [-0.2, -0.15) is 0 Å². The molecule has 0 radical (unpaired) electrons. The summed E-state index contributed by atoms with van der Waals surface area (Å²) in [6.45, 7) is 3.68. The summed E-state index contributed by atoms with van der Waals surface area (Å²) < 4.78 is 2.48. The Kier molecular flexibility index (Phi) is 3.01. The van der Waals surface area contributed by atoms with Crippen molar-refractivity contribution in [3.63, 3.8) is 0 Å². The van der Waals surface area contributed by atoms with Crippen LogP contribution in [0.1, 0.15) is 36.9 Å². The molecule has 0 saturated heterocycles. The highest BCUT2D eigenvalue weighted by Crippen LogP contribution is 2.15. The highest BCUT2D eigenvalue weighted by molar-refractivity contribution is 5.88. The van der Waals surface area contributed by atoms with Crippen molar-refractivity contribution in [2.24, 2.45) is 7.05 Å². The van der Waals surface area contributed by atoms with Crippen molar-refractivity contribution in [3.8, 4) is 0 Å². The van der Waals surface area contributed by atoms with E-state index in [1.165, 1.54) is 16.2 Å². The number of imidazole rings is 1. The van der Waals surface area contributed by atoms with E-state index in [0.717, 1.165) is 0 Å². The van der Waals surface area contributed by atoms with Gasteiger partial charge in [0.05, 0.1) is 0 Å². The number of carboxylic acid groups (broad SMARTS) is 1. The second-order valence-corrected chi connectivity index (χ2v) is 4.36. The fourth-order valence-electron chi connectivity index (χ4n) is 2.00. The van der Waals surface area contributed by atoms with Gasteiger partial charge in [-0.3, -0.25) is 14.3 Å². The first-order valence-electron chi connectivity index (χ1n) is 5.83. The van der Waals surface area contributed by atoms with Gasteiger partial charge in [-0.1, -0.05) is 6.92 Å². The largest absolute Gasteiger partial charge is 0.475 e. The lowest BCUT2D eigenvalue weighted by Gasteiger charge is -2.12. The summed E-state index contributed by atoms with van der Waals surface area (Å²) in [5.41, 5.74) is -1.04. The van der Waals surface area contributed by atoms with Crippen molar-refractivity contribution in [3.05, 3.63) is 26.7 Å². The summed E-state index contributed by atoms with van der Waals surface area (Å²) >= 11 is 0. The van der Waals surface area contributed by atoms with Crippen LogP contribution in [0, 0.1) is 0 Å². The van der Waals surface area contributed by atoms with Gasteiger partial charge in [0, 0.05) is 13.1 Å². The first-order chi connectivity index (χ1) is 8.88. The molecule has 2 N–H and O–H groups in total. The number of aryl methyl sites for hydroxylation is 1. The van der Waals surface area contributed by atoms with Crippen molar-refractivity contribution >= 4 is 17.1 Å². The molecule has 0 saturated carbocycles. The number of nitrogens with one attached hydrogen (secondary N) is 1. The molecule has 8 nitrogen and oxygen atoms in total. The van der Waals surface area contributed by atoms with Crippen molar-refractivity contribution in [2.45, 2.75) is 26.3 Å². The summed E-state index contributed by atoms with van der Waals surface area (Å²) in [5.74, 6) is -1.52. The van der Waals surface area contributed by atoms with Crippen LogP contribution >= 0.6 is 0 Å². The Labute approximate surface area is 107 Å². The van der Waals surface area contributed by atoms with E-state index in [2.05, 4.69) is 9.97 Å². The lowest BCUT2D eigenvalue weighted by molar-refractivity contribution is 0.0680. The van der Waals surface area contributed by atoms with Crippen LogP contribution in [0.4, 0.5) is 0 Å². The molecule has 1 unspecified atom stereocenters. The second-order valence-electron chi connectivity index (χ2n) is 4.36. The number of hydrogen-bond acceptors (Lipinski definition) is 4. The number of aromatic carboxylic acids is 1. The summed E-state index contributed by atoms with van der Waals surface area (Å²) in [4.78, 5) is 40.8. The van der Waals surface area contributed by atoms with Gasteiger partial charge < -0.3 is 9.67 Å². The molecule has 0 aromatic carbocycles. The average Bonchev–Trinajstić information content (AvgIpc) is 2.67. The minimum Gasteiger partial charge on any atom is -0.475 e. The molecule has 0 aliphatic heterocycles. The van der Waals surface area contributed by atoms with Crippen molar-refractivity contribution in [1.82, 2.24) is 19.1 Å². The van der Waals surface area contributed by atoms with Crippen molar-refractivity contribution < 1.29 is 9.90 Å². The molecule has 2 aromatic heterocycles. The van der Waals surface area contributed by atoms with E-state index < -0.39 is 17.2 Å². The number of carboxylic acids is 1. The highest BCUT2D eigenvalue weighted by atomic mass is 16.4. The molecule has 2 heterocycles. The Bertz CT molecular complexity index is 767. The minimum absolute atomic E-state index is 0.0808. The number of H-pyrrole nitrogens is 1. The van der Waals surface area contributed by atoms with Crippen molar-refractivity contribution in [2.75, 3.05) is 0 Å². The van der Waals surface area contributed by atoms with Gasteiger partial charge in [0.2, 0.25) is 5.82 Å². The topological polar surface area (TPSA) is 110 Å².